The van der Waals surface area contributed by atoms with Crippen LogP contribution >= 0.6 is 46.1 Å². The third-order valence-corrected chi connectivity index (χ3v) is 7.87. The Balaban J connectivity index is 1.74. The molecule has 0 fully saturated rings. The first-order valence-corrected chi connectivity index (χ1v) is 13.3. The van der Waals surface area contributed by atoms with E-state index >= 15 is 0 Å². The topological polar surface area (TPSA) is 76.9 Å². The lowest BCUT2D eigenvalue weighted by atomic mass is 10.0. The summed E-state index contributed by atoms with van der Waals surface area (Å²) in [5, 5.41) is 13.4. The summed E-state index contributed by atoms with van der Waals surface area (Å²) in [4.78, 5) is 27.4. The molecule has 0 bridgehead atoms. The van der Waals surface area contributed by atoms with E-state index < -0.39 is 0 Å². The average Bonchev–Trinajstić information content (AvgIpc) is 3.48. The largest absolute Gasteiger partial charge is 0.345 e. The van der Waals surface area contributed by atoms with Crippen LogP contribution in [0.15, 0.2) is 48.5 Å². The van der Waals surface area contributed by atoms with Crippen molar-refractivity contribution in [3.05, 3.63) is 96.8 Å². The number of nitrogens with zero attached hydrogens (tertiary/aromatic N) is 3. The number of amides is 1. The van der Waals surface area contributed by atoms with E-state index in [1.165, 1.54) is 17.4 Å². The molecule has 0 spiro atoms. The predicted molar refractivity (Wildman–Crippen MR) is 145 cm³/mol. The van der Waals surface area contributed by atoms with E-state index in [-0.39, 0.29) is 24.2 Å². The summed E-state index contributed by atoms with van der Waals surface area (Å²) in [6, 6.07) is 13.6. The third kappa shape index (κ3) is 5.34. The first-order chi connectivity index (χ1) is 17.2. The summed E-state index contributed by atoms with van der Waals surface area (Å²) in [7, 11) is 0. The SMILES string of the molecule is CCc1cc(C(=O)c2ccccc2Cl)c(-n2c(CNC(=O)c3ccc(Cl)c(Cl)c3)nnc2C(C)C)s1. The Kier molecular flexibility index (Phi) is 8.15. The summed E-state index contributed by atoms with van der Waals surface area (Å²) < 4.78 is 1.87. The highest BCUT2D eigenvalue weighted by molar-refractivity contribution is 7.15. The molecule has 0 atom stereocenters. The average molecular weight is 562 g/mol. The molecule has 36 heavy (non-hydrogen) atoms. The van der Waals surface area contributed by atoms with E-state index in [9.17, 15) is 9.59 Å². The van der Waals surface area contributed by atoms with Crippen LogP contribution in [0.3, 0.4) is 0 Å². The van der Waals surface area contributed by atoms with Crippen molar-refractivity contribution < 1.29 is 9.59 Å². The number of aryl methyl sites for hydroxylation is 1. The summed E-state index contributed by atoms with van der Waals surface area (Å²) >= 11 is 19.9. The number of hydrogen-bond donors (Lipinski definition) is 1. The van der Waals surface area contributed by atoms with E-state index in [0.717, 1.165) is 11.3 Å². The lowest BCUT2D eigenvalue weighted by Crippen LogP contribution is -2.25. The molecule has 0 unspecified atom stereocenters. The molecular formula is C26H23Cl3N4O2S. The molecule has 0 radical (unpaired) electrons. The minimum absolute atomic E-state index is 0.0208. The molecule has 1 N–H and O–H groups in total. The number of aromatic nitrogens is 3. The van der Waals surface area contributed by atoms with Gasteiger partial charge in [-0.05, 0) is 42.8 Å². The highest BCUT2D eigenvalue weighted by atomic mass is 35.5. The van der Waals surface area contributed by atoms with Crippen molar-refractivity contribution in [3.63, 3.8) is 0 Å². The highest BCUT2D eigenvalue weighted by Gasteiger charge is 2.26. The van der Waals surface area contributed by atoms with Gasteiger partial charge in [0.15, 0.2) is 11.6 Å². The maximum Gasteiger partial charge on any atom is 0.251 e. The first-order valence-electron chi connectivity index (χ1n) is 11.3. The number of ketones is 1. The Morgan fingerprint density at radius 3 is 2.39 bits per heavy atom. The molecule has 6 nitrogen and oxygen atoms in total. The third-order valence-electron chi connectivity index (χ3n) is 5.54. The Hall–Kier alpha value is -2.71. The molecule has 0 aliphatic rings. The lowest BCUT2D eigenvalue weighted by molar-refractivity contribution is 0.0948. The van der Waals surface area contributed by atoms with Gasteiger partial charge in [0.1, 0.15) is 10.8 Å². The van der Waals surface area contributed by atoms with E-state index in [0.29, 0.717) is 48.4 Å². The fourth-order valence-corrected chi connectivity index (χ4v) is 5.30. The van der Waals surface area contributed by atoms with Gasteiger partial charge in [-0.3, -0.25) is 14.2 Å². The van der Waals surface area contributed by atoms with Crippen LogP contribution in [0.4, 0.5) is 0 Å². The van der Waals surface area contributed by atoms with Gasteiger partial charge in [0.05, 0.1) is 27.2 Å². The number of thiophene rings is 1. The molecular weight excluding hydrogens is 539 g/mol. The molecule has 4 rings (SSSR count). The van der Waals surface area contributed by atoms with Crippen LogP contribution in [-0.2, 0) is 13.0 Å². The molecule has 10 heteroatoms. The Morgan fingerprint density at radius 1 is 0.972 bits per heavy atom. The van der Waals surface area contributed by atoms with Crippen LogP contribution in [-0.4, -0.2) is 26.5 Å². The number of halogens is 3. The van der Waals surface area contributed by atoms with Gasteiger partial charge in [-0.25, -0.2) is 0 Å². The maximum absolute atomic E-state index is 13.6. The smallest absolute Gasteiger partial charge is 0.251 e. The van der Waals surface area contributed by atoms with Gasteiger partial charge in [-0.2, -0.15) is 0 Å². The van der Waals surface area contributed by atoms with Crippen molar-refractivity contribution in [2.45, 2.75) is 39.7 Å². The fourth-order valence-electron chi connectivity index (χ4n) is 3.66. The second kappa shape index (κ2) is 11.1. The normalized spacial score (nSPS) is 11.2. The van der Waals surface area contributed by atoms with Gasteiger partial charge < -0.3 is 5.32 Å². The quantitative estimate of drug-likeness (QED) is 0.232. The summed E-state index contributed by atoms with van der Waals surface area (Å²) in [5.41, 5.74) is 1.32. The zero-order valence-electron chi connectivity index (χ0n) is 19.8. The summed E-state index contributed by atoms with van der Waals surface area (Å²) in [5.74, 6) is 0.701. The number of hydrogen-bond acceptors (Lipinski definition) is 5. The van der Waals surface area contributed by atoms with Gasteiger partial charge in [-0.15, -0.1) is 21.5 Å². The molecule has 2 aromatic heterocycles. The number of carbonyl (C=O) groups is 2. The minimum Gasteiger partial charge on any atom is -0.345 e. The van der Waals surface area contributed by atoms with Gasteiger partial charge in [0, 0.05) is 21.9 Å². The van der Waals surface area contributed by atoms with Gasteiger partial charge in [-0.1, -0.05) is 67.7 Å². The molecule has 186 valence electrons. The molecule has 0 saturated heterocycles. The molecule has 4 aromatic rings. The predicted octanol–water partition coefficient (Wildman–Crippen LogP) is 7.14. The van der Waals surface area contributed by atoms with Gasteiger partial charge >= 0.3 is 0 Å². The maximum atomic E-state index is 13.6. The number of benzene rings is 2. The summed E-state index contributed by atoms with van der Waals surface area (Å²) in [6.07, 6.45) is 0.760. The Bertz CT molecular complexity index is 1440. The van der Waals surface area contributed by atoms with Crippen LogP contribution in [0, 0.1) is 0 Å². The molecule has 0 aliphatic heterocycles. The van der Waals surface area contributed by atoms with Crippen LogP contribution in [0.2, 0.25) is 15.1 Å². The number of rotatable bonds is 8. The lowest BCUT2D eigenvalue weighted by Gasteiger charge is -2.13. The van der Waals surface area contributed by atoms with Crippen LogP contribution in [0.1, 0.15) is 69.5 Å². The van der Waals surface area contributed by atoms with Crippen molar-refractivity contribution >= 4 is 57.8 Å². The Morgan fingerprint density at radius 2 is 1.72 bits per heavy atom. The van der Waals surface area contributed by atoms with E-state index in [2.05, 4.69) is 15.5 Å². The van der Waals surface area contributed by atoms with Gasteiger partial charge in [0.2, 0.25) is 0 Å². The van der Waals surface area contributed by atoms with E-state index in [1.807, 2.05) is 31.4 Å². The van der Waals surface area contributed by atoms with Crippen molar-refractivity contribution in [3.8, 4) is 5.00 Å². The Labute approximate surface area is 228 Å². The molecule has 0 aliphatic carbocycles. The van der Waals surface area contributed by atoms with Crippen LogP contribution < -0.4 is 5.32 Å². The van der Waals surface area contributed by atoms with Crippen molar-refractivity contribution in [2.24, 2.45) is 0 Å². The fraction of sp³-hybridized carbons (Fsp3) is 0.231. The summed E-state index contributed by atoms with van der Waals surface area (Å²) in [6.45, 7) is 6.14. The van der Waals surface area contributed by atoms with Crippen LogP contribution in [0.25, 0.3) is 5.00 Å². The monoisotopic (exact) mass is 560 g/mol. The standard InChI is InChI=1S/C26H23Cl3N4O2S/c1-4-16-12-18(23(34)17-7-5-6-8-19(17)27)26(36-16)33-22(31-32-24(33)14(2)3)13-30-25(35)15-9-10-20(28)21(29)11-15/h5-12,14H,4,13H2,1-3H3,(H,30,35). The second-order valence-electron chi connectivity index (χ2n) is 8.37. The second-order valence-corrected chi connectivity index (χ2v) is 10.7. The first kappa shape index (κ1) is 26.4. The minimum atomic E-state index is -0.331. The molecule has 0 saturated carbocycles. The van der Waals surface area contributed by atoms with Gasteiger partial charge in [0.25, 0.3) is 5.91 Å². The van der Waals surface area contributed by atoms with Crippen molar-refractivity contribution in [1.82, 2.24) is 20.1 Å². The van der Waals surface area contributed by atoms with E-state index in [1.54, 1.807) is 36.4 Å². The number of carbonyl (C=O) groups excluding carboxylic acids is 2. The molecule has 2 aromatic carbocycles. The van der Waals surface area contributed by atoms with Crippen LogP contribution in [0.5, 0.6) is 0 Å². The van der Waals surface area contributed by atoms with Crippen molar-refractivity contribution in [1.29, 1.82) is 0 Å². The zero-order chi connectivity index (χ0) is 26.0. The highest BCUT2D eigenvalue weighted by Crippen LogP contribution is 2.33. The van der Waals surface area contributed by atoms with E-state index in [4.69, 9.17) is 34.8 Å². The number of nitrogens with one attached hydrogen (secondary N) is 1. The molecule has 2 heterocycles. The zero-order valence-corrected chi connectivity index (χ0v) is 22.9. The molecule has 1 amide bonds. The van der Waals surface area contributed by atoms with Crippen molar-refractivity contribution in [2.75, 3.05) is 0 Å².